The summed E-state index contributed by atoms with van der Waals surface area (Å²) in [5.41, 5.74) is 0.871. The van der Waals surface area contributed by atoms with E-state index in [-0.39, 0.29) is 5.82 Å². The van der Waals surface area contributed by atoms with Gasteiger partial charge in [0.1, 0.15) is 11.6 Å². The van der Waals surface area contributed by atoms with Gasteiger partial charge in [-0.2, -0.15) is 0 Å². The van der Waals surface area contributed by atoms with Crippen LogP contribution in [0, 0.1) is 18.7 Å². The van der Waals surface area contributed by atoms with Crippen LogP contribution in [0.4, 0.5) is 4.39 Å². The normalized spacial score (nSPS) is 12.5. The average Bonchev–Trinajstić information content (AvgIpc) is 2.31. The Balaban J connectivity index is 2.47. The number of hydrogen-bond donors (Lipinski definition) is 0. The van der Waals surface area contributed by atoms with E-state index in [1.54, 1.807) is 6.07 Å². The Hall–Kier alpha value is -1.05. The minimum atomic E-state index is -0.201. The smallest absolute Gasteiger partial charge is 0.123 e. The Morgan fingerprint density at radius 3 is 2.65 bits per heavy atom. The number of ether oxygens (including phenoxy) is 1. The predicted molar refractivity (Wildman–Crippen MR) is 69.9 cm³/mol. The summed E-state index contributed by atoms with van der Waals surface area (Å²) in [6.07, 6.45) is 4.84. The van der Waals surface area contributed by atoms with E-state index in [0.29, 0.717) is 5.92 Å². The molecule has 0 aromatic heterocycles. The van der Waals surface area contributed by atoms with E-state index in [1.165, 1.54) is 31.4 Å². The number of halogens is 1. The van der Waals surface area contributed by atoms with Gasteiger partial charge in [-0.3, -0.25) is 0 Å². The van der Waals surface area contributed by atoms with Gasteiger partial charge in [0.05, 0.1) is 6.61 Å². The molecular formula is C15H23FO. The fourth-order valence-electron chi connectivity index (χ4n) is 1.88. The van der Waals surface area contributed by atoms with Crippen LogP contribution in [0.1, 0.15) is 45.1 Å². The molecule has 1 aromatic rings. The Morgan fingerprint density at radius 1 is 1.29 bits per heavy atom. The van der Waals surface area contributed by atoms with E-state index in [4.69, 9.17) is 4.74 Å². The van der Waals surface area contributed by atoms with Gasteiger partial charge in [-0.25, -0.2) is 4.39 Å². The largest absolute Gasteiger partial charge is 0.493 e. The SMILES string of the molecule is CCCCC(CC)COc1ccc(F)cc1C. The van der Waals surface area contributed by atoms with Crippen molar-refractivity contribution in [1.82, 2.24) is 0 Å². The number of hydrogen-bond acceptors (Lipinski definition) is 1. The van der Waals surface area contributed by atoms with Gasteiger partial charge in [0.2, 0.25) is 0 Å². The highest BCUT2D eigenvalue weighted by atomic mass is 19.1. The second-order valence-corrected chi connectivity index (χ2v) is 4.64. The second-order valence-electron chi connectivity index (χ2n) is 4.64. The monoisotopic (exact) mass is 238 g/mol. The molecule has 0 spiro atoms. The maximum atomic E-state index is 12.9. The van der Waals surface area contributed by atoms with Crippen molar-refractivity contribution in [3.05, 3.63) is 29.6 Å². The summed E-state index contributed by atoms with van der Waals surface area (Å²) < 4.78 is 18.7. The van der Waals surface area contributed by atoms with Crippen molar-refractivity contribution in [3.63, 3.8) is 0 Å². The third-order valence-electron chi connectivity index (χ3n) is 3.15. The molecule has 0 bridgehead atoms. The molecule has 0 radical (unpaired) electrons. The molecule has 96 valence electrons. The van der Waals surface area contributed by atoms with Crippen LogP contribution in [-0.2, 0) is 0 Å². The molecule has 0 amide bonds. The zero-order chi connectivity index (χ0) is 12.7. The predicted octanol–water partition coefficient (Wildman–Crippen LogP) is 4.73. The first-order valence-electron chi connectivity index (χ1n) is 6.56. The van der Waals surface area contributed by atoms with E-state index < -0.39 is 0 Å². The number of benzene rings is 1. The van der Waals surface area contributed by atoms with Gasteiger partial charge in [0.25, 0.3) is 0 Å². The Morgan fingerprint density at radius 2 is 2.06 bits per heavy atom. The summed E-state index contributed by atoms with van der Waals surface area (Å²) in [7, 11) is 0. The molecule has 1 atom stereocenters. The van der Waals surface area contributed by atoms with Gasteiger partial charge < -0.3 is 4.74 Å². The Bertz CT molecular complexity index is 336. The van der Waals surface area contributed by atoms with E-state index in [9.17, 15) is 4.39 Å². The van der Waals surface area contributed by atoms with Crippen LogP contribution in [0.25, 0.3) is 0 Å². The topological polar surface area (TPSA) is 9.23 Å². The van der Waals surface area contributed by atoms with Crippen molar-refractivity contribution in [3.8, 4) is 5.75 Å². The standard InChI is InChI=1S/C15H23FO/c1-4-6-7-13(5-2)11-17-15-9-8-14(16)10-12(15)3/h8-10,13H,4-7,11H2,1-3H3. The van der Waals surface area contributed by atoms with Gasteiger partial charge in [0.15, 0.2) is 0 Å². The minimum absolute atomic E-state index is 0.201. The zero-order valence-electron chi connectivity index (χ0n) is 11.1. The van der Waals surface area contributed by atoms with Crippen molar-refractivity contribution >= 4 is 0 Å². The van der Waals surface area contributed by atoms with Gasteiger partial charge in [-0.05, 0) is 43.0 Å². The Kier molecular flexibility index (Phi) is 6.03. The fraction of sp³-hybridized carbons (Fsp3) is 0.600. The van der Waals surface area contributed by atoms with E-state index in [0.717, 1.165) is 24.3 Å². The molecule has 0 heterocycles. The lowest BCUT2D eigenvalue weighted by atomic mass is 10.0. The molecule has 1 rings (SSSR count). The average molecular weight is 238 g/mol. The summed E-state index contributed by atoms with van der Waals surface area (Å²) in [4.78, 5) is 0. The molecule has 1 aromatic carbocycles. The van der Waals surface area contributed by atoms with E-state index >= 15 is 0 Å². The first-order valence-corrected chi connectivity index (χ1v) is 6.56. The fourth-order valence-corrected chi connectivity index (χ4v) is 1.88. The summed E-state index contributed by atoms with van der Waals surface area (Å²) in [5.74, 6) is 1.22. The summed E-state index contributed by atoms with van der Waals surface area (Å²) >= 11 is 0. The first kappa shape index (κ1) is 14.0. The highest BCUT2D eigenvalue weighted by Crippen LogP contribution is 2.21. The highest BCUT2D eigenvalue weighted by Gasteiger charge is 2.08. The molecule has 0 fully saturated rings. The lowest BCUT2D eigenvalue weighted by Gasteiger charge is -2.16. The van der Waals surface area contributed by atoms with Crippen LogP contribution in [0.3, 0.4) is 0 Å². The van der Waals surface area contributed by atoms with Crippen LogP contribution in [0.5, 0.6) is 5.75 Å². The highest BCUT2D eigenvalue weighted by molar-refractivity contribution is 5.32. The number of aryl methyl sites for hydroxylation is 1. The van der Waals surface area contributed by atoms with Crippen molar-refractivity contribution in [2.45, 2.75) is 46.5 Å². The third kappa shape index (κ3) is 4.76. The maximum Gasteiger partial charge on any atom is 0.123 e. The molecule has 2 heteroatoms. The van der Waals surface area contributed by atoms with Gasteiger partial charge in [-0.1, -0.05) is 33.1 Å². The lowest BCUT2D eigenvalue weighted by molar-refractivity contribution is 0.232. The summed E-state index contributed by atoms with van der Waals surface area (Å²) in [5, 5.41) is 0. The van der Waals surface area contributed by atoms with Gasteiger partial charge in [0, 0.05) is 0 Å². The van der Waals surface area contributed by atoms with Crippen LogP contribution in [-0.4, -0.2) is 6.61 Å². The van der Waals surface area contributed by atoms with Crippen LogP contribution < -0.4 is 4.74 Å². The van der Waals surface area contributed by atoms with Crippen molar-refractivity contribution in [2.75, 3.05) is 6.61 Å². The van der Waals surface area contributed by atoms with Crippen LogP contribution >= 0.6 is 0 Å². The molecule has 0 aliphatic carbocycles. The molecule has 0 N–H and O–H groups in total. The molecule has 1 unspecified atom stereocenters. The maximum absolute atomic E-state index is 12.9. The molecule has 0 aliphatic heterocycles. The molecule has 0 saturated carbocycles. The van der Waals surface area contributed by atoms with Crippen molar-refractivity contribution in [1.29, 1.82) is 0 Å². The lowest BCUT2D eigenvalue weighted by Crippen LogP contribution is -2.11. The zero-order valence-corrected chi connectivity index (χ0v) is 11.1. The minimum Gasteiger partial charge on any atom is -0.493 e. The number of rotatable bonds is 7. The summed E-state index contributed by atoms with van der Waals surface area (Å²) in [6.45, 7) is 7.02. The molecule has 17 heavy (non-hydrogen) atoms. The van der Waals surface area contributed by atoms with Crippen LogP contribution in [0.2, 0.25) is 0 Å². The second kappa shape index (κ2) is 7.31. The van der Waals surface area contributed by atoms with Gasteiger partial charge >= 0.3 is 0 Å². The quantitative estimate of drug-likeness (QED) is 0.667. The Labute approximate surface area is 104 Å². The van der Waals surface area contributed by atoms with Crippen molar-refractivity contribution in [2.24, 2.45) is 5.92 Å². The number of unbranched alkanes of at least 4 members (excludes halogenated alkanes) is 1. The van der Waals surface area contributed by atoms with E-state index in [2.05, 4.69) is 13.8 Å². The molecule has 0 saturated heterocycles. The molecule has 1 nitrogen and oxygen atoms in total. The van der Waals surface area contributed by atoms with Crippen LogP contribution in [0.15, 0.2) is 18.2 Å². The van der Waals surface area contributed by atoms with Gasteiger partial charge in [-0.15, -0.1) is 0 Å². The van der Waals surface area contributed by atoms with Crippen molar-refractivity contribution < 1.29 is 9.13 Å². The molecular weight excluding hydrogens is 215 g/mol. The summed E-state index contributed by atoms with van der Waals surface area (Å²) in [6, 6.07) is 4.69. The first-order chi connectivity index (χ1) is 8.17. The third-order valence-corrected chi connectivity index (χ3v) is 3.15. The van der Waals surface area contributed by atoms with E-state index in [1.807, 2.05) is 6.92 Å². The molecule has 0 aliphatic rings.